The molecule has 108 valence electrons. The molecule has 1 N–H and O–H groups in total. The van der Waals surface area contributed by atoms with E-state index >= 15 is 0 Å². The molecular formula is C13H16N2O5. The van der Waals surface area contributed by atoms with Crippen molar-refractivity contribution in [1.29, 1.82) is 0 Å². The number of nitro groups is 1. The molecule has 0 aliphatic heterocycles. The lowest BCUT2D eigenvalue weighted by molar-refractivity contribution is -0.385. The van der Waals surface area contributed by atoms with Crippen molar-refractivity contribution in [2.45, 2.75) is 26.2 Å². The first-order valence-electron chi connectivity index (χ1n) is 6.12. The Morgan fingerprint density at radius 3 is 2.60 bits per heavy atom. The molecule has 0 aromatic heterocycles. The Bertz CT molecular complexity index is 527. The summed E-state index contributed by atoms with van der Waals surface area (Å²) < 4.78 is 4.42. The normalized spacial score (nSPS) is 9.90. The zero-order chi connectivity index (χ0) is 15.1. The van der Waals surface area contributed by atoms with Gasteiger partial charge in [0, 0.05) is 23.7 Å². The number of ether oxygens (including phenoxy) is 1. The van der Waals surface area contributed by atoms with E-state index in [1.165, 1.54) is 13.2 Å². The van der Waals surface area contributed by atoms with Crippen molar-refractivity contribution in [1.82, 2.24) is 0 Å². The highest BCUT2D eigenvalue weighted by atomic mass is 16.6. The van der Waals surface area contributed by atoms with Gasteiger partial charge in [-0.3, -0.25) is 19.7 Å². The van der Waals surface area contributed by atoms with E-state index in [-0.39, 0.29) is 18.5 Å². The SMILES string of the molecule is CCc1ccc(NC(=O)CCC(=O)OC)cc1[N+](=O)[O-]. The third-order valence-corrected chi connectivity index (χ3v) is 2.73. The Kier molecular flexibility index (Phi) is 5.64. The van der Waals surface area contributed by atoms with Gasteiger partial charge in [0.05, 0.1) is 18.5 Å². The summed E-state index contributed by atoms with van der Waals surface area (Å²) in [6.07, 6.45) is 0.473. The van der Waals surface area contributed by atoms with Crippen LogP contribution in [-0.4, -0.2) is 23.9 Å². The molecule has 0 unspecified atom stereocenters. The maximum atomic E-state index is 11.6. The van der Waals surface area contributed by atoms with Crippen LogP contribution in [-0.2, 0) is 20.7 Å². The number of nitrogens with one attached hydrogen (secondary N) is 1. The van der Waals surface area contributed by atoms with Gasteiger partial charge < -0.3 is 10.1 Å². The number of hydrogen-bond acceptors (Lipinski definition) is 5. The van der Waals surface area contributed by atoms with Crippen LogP contribution < -0.4 is 5.32 Å². The number of benzene rings is 1. The number of methoxy groups -OCH3 is 1. The fraction of sp³-hybridized carbons (Fsp3) is 0.385. The van der Waals surface area contributed by atoms with Gasteiger partial charge in [-0.1, -0.05) is 13.0 Å². The van der Waals surface area contributed by atoms with Crippen LogP contribution in [0.2, 0.25) is 0 Å². The molecule has 0 saturated heterocycles. The van der Waals surface area contributed by atoms with E-state index in [0.29, 0.717) is 17.7 Å². The lowest BCUT2D eigenvalue weighted by Crippen LogP contribution is -2.14. The molecule has 7 nitrogen and oxygen atoms in total. The molecule has 0 fully saturated rings. The lowest BCUT2D eigenvalue weighted by atomic mass is 10.1. The second-order valence-electron chi connectivity index (χ2n) is 4.08. The monoisotopic (exact) mass is 280 g/mol. The van der Waals surface area contributed by atoms with Crippen molar-refractivity contribution >= 4 is 23.3 Å². The highest BCUT2D eigenvalue weighted by Gasteiger charge is 2.14. The molecule has 0 aliphatic rings. The van der Waals surface area contributed by atoms with Crippen molar-refractivity contribution in [2.24, 2.45) is 0 Å². The van der Waals surface area contributed by atoms with Crippen LogP contribution >= 0.6 is 0 Å². The van der Waals surface area contributed by atoms with Crippen molar-refractivity contribution in [2.75, 3.05) is 12.4 Å². The van der Waals surface area contributed by atoms with Crippen LogP contribution in [0, 0.1) is 10.1 Å². The summed E-state index contributed by atoms with van der Waals surface area (Å²) in [6.45, 7) is 1.82. The lowest BCUT2D eigenvalue weighted by Gasteiger charge is -2.06. The molecule has 0 saturated carbocycles. The highest BCUT2D eigenvalue weighted by molar-refractivity contribution is 5.92. The van der Waals surface area contributed by atoms with E-state index in [4.69, 9.17) is 0 Å². The van der Waals surface area contributed by atoms with E-state index in [9.17, 15) is 19.7 Å². The number of carbonyl (C=O) groups excluding carboxylic acids is 2. The first-order chi connectivity index (χ1) is 9.47. The van der Waals surface area contributed by atoms with Crippen LogP contribution in [0.25, 0.3) is 0 Å². The molecule has 20 heavy (non-hydrogen) atoms. The second-order valence-corrected chi connectivity index (χ2v) is 4.08. The van der Waals surface area contributed by atoms with Crippen LogP contribution in [0.4, 0.5) is 11.4 Å². The Balaban J connectivity index is 2.73. The van der Waals surface area contributed by atoms with Gasteiger partial charge in [0.15, 0.2) is 0 Å². The Labute approximate surface area is 116 Å². The van der Waals surface area contributed by atoms with Gasteiger partial charge in [0.1, 0.15) is 0 Å². The number of carbonyl (C=O) groups is 2. The smallest absolute Gasteiger partial charge is 0.306 e. The van der Waals surface area contributed by atoms with E-state index in [1.807, 2.05) is 6.92 Å². The fourth-order valence-electron chi connectivity index (χ4n) is 1.65. The molecule has 0 spiro atoms. The molecule has 0 radical (unpaired) electrons. The summed E-state index contributed by atoms with van der Waals surface area (Å²) in [5.74, 6) is -0.874. The second kappa shape index (κ2) is 7.22. The van der Waals surface area contributed by atoms with Crippen LogP contribution in [0.5, 0.6) is 0 Å². The van der Waals surface area contributed by atoms with Gasteiger partial charge in [-0.15, -0.1) is 0 Å². The number of amides is 1. The number of rotatable bonds is 6. The van der Waals surface area contributed by atoms with Gasteiger partial charge in [-0.2, -0.15) is 0 Å². The van der Waals surface area contributed by atoms with Gasteiger partial charge >= 0.3 is 5.97 Å². The van der Waals surface area contributed by atoms with E-state index in [1.54, 1.807) is 12.1 Å². The standard InChI is InChI=1S/C13H16N2O5/c1-3-9-4-5-10(8-11(9)15(18)19)14-12(16)6-7-13(17)20-2/h4-5,8H,3,6-7H2,1-2H3,(H,14,16). The molecular weight excluding hydrogens is 264 g/mol. The number of aryl methyl sites for hydroxylation is 1. The minimum Gasteiger partial charge on any atom is -0.469 e. The average Bonchev–Trinajstić information content (AvgIpc) is 2.44. The number of nitrogens with zero attached hydrogens (tertiary/aromatic N) is 1. The van der Waals surface area contributed by atoms with Gasteiger partial charge in [0.25, 0.3) is 5.69 Å². The van der Waals surface area contributed by atoms with Crippen molar-refractivity contribution in [3.05, 3.63) is 33.9 Å². The topological polar surface area (TPSA) is 98.5 Å². The molecule has 0 heterocycles. The minimum absolute atomic E-state index is 0.0294. The summed E-state index contributed by atoms with van der Waals surface area (Å²) in [7, 11) is 1.24. The summed E-state index contributed by atoms with van der Waals surface area (Å²) in [4.78, 5) is 32.9. The first kappa shape index (κ1) is 15.6. The summed E-state index contributed by atoms with van der Waals surface area (Å²) in [5, 5.41) is 13.4. The van der Waals surface area contributed by atoms with Crippen LogP contribution in [0.15, 0.2) is 18.2 Å². The van der Waals surface area contributed by atoms with E-state index < -0.39 is 16.8 Å². The maximum Gasteiger partial charge on any atom is 0.306 e. The van der Waals surface area contributed by atoms with Gasteiger partial charge in [-0.05, 0) is 12.5 Å². The van der Waals surface area contributed by atoms with Crippen molar-refractivity contribution in [3.63, 3.8) is 0 Å². The van der Waals surface area contributed by atoms with Crippen molar-refractivity contribution in [3.8, 4) is 0 Å². The molecule has 1 aromatic carbocycles. The largest absolute Gasteiger partial charge is 0.469 e. The molecule has 0 atom stereocenters. The first-order valence-corrected chi connectivity index (χ1v) is 6.12. The molecule has 7 heteroatoms. The Hall–Kier alpha value is -2.44. The molecule has 1 rings (SSSR count). The third-order valence-electron chi connectivity index (χ3n) is 2.73. The predicted molar refractivity (Wildman–Crippen MR) is 72.4 cm³/mol. The van der Waals surface area contributed by atoms with Crippen LogP contribution in [0.3, 0.4) is 0 Å². The molecule has 1 amide bonds. The molecule has 0 aliphatic carbocycles. The summed E-state index contributed by atoms with van der Waals surface area (Å²) in [5.41, 5.74) is 0.907. The molecule has 1 aromatic rings. The van der Waals surface area contributed by atoms with E-state index in [0.717, 1.165) is 0 Å². The zero-order valence-electron chi connectivity index (χ0n) is 11.3. The number of hydrogen-bond donors (Lipinski definition) is 1. The van der Waals surface area contributed by atoms with Crippen LogP contribution in [0.1, 0.15) is 25.3 Å². The van der Waals surface area contributed by atoms with Gasteiger partial charge in [-0.25, -0.2) is 0 Å². The maximum absolute atomic E-state index is 11.6. The zero-order valence-corrected chi connectivity index (χ0v) is 11.3. The quantitative estimate of drug-likeness (QED) is 0.488. The average molecular weight is 280 g/mol. The number of esters is 1. The number of nitro benzene ring substituents is 1. The van der Waals surface area contributed by atoms with Crippen molar-refractivity contribution < 1.29 is 19.2 Å². The minimum atomic E-state index is -0.483. The summed E-state index contributed by atoms with van der Waals surface area (Å²) in [6, 6.07) is 4.52. The highest BCUT2D eigenvalue weighted by Crippen LogP contribution is 2.23. The number of anilines is 1. The fourth-order valence-corrected chi connectivity index (χ4v) is 1.65. The van der Waals surface area contributed by atoms with E-state index in [2.05, 4.69) is 10.1 Å². The third kappa shape index (κ3) is 4.34. The van der Waals surface area contributed by atoms with Gasteiger partial charge in [0.2, 0.25) is 5.91 Å². The predicted octanol–water partition coefficient (Wildman–Crippen LogP) is 2.05. The Morgan fingerprint density at radius 2 is 2.05 bits per heavy atom. The Morgan fingerprint density at radius 1 is 1.35 bits per heavy atom. The summed E-state index contributed by atoms with van der Waals surface area (Å²) >= 11 is 0. The molecule has 0 bridgehead atoms.